The molecule has 0 atom stereocenters. The minimum Gasteiger partial charge on any atom is -0.383 e. The van der Waals surface area contributed by atoms with E-state index in [1.807, 2.05) is 12.1 Å². The molecule has 0 amide bonds. The number of rotatable bonds is 1. The molecule has 2 N–H and O–H groups in total. The molecule has 0 fully saturated rings. The third kappa shape index (κ3) is 1.80. The number of nitrogens with zero attached hydrogens (tertiary/aromatic N) is 1. The van der Waals surface area contributed by atoms with Crippen molar-refractivity contribution in [2.75, 3.05) is 5.73 Å². The summed E-state index contributed by atoms with van der Waals surface area (Å²) in [5.41, 5.74) is 6.99. The van der Waals surface area contributed by atoms with Crippen LogP contribution in [0.1, 0.15) is 25.5 Å². The maximum atomic E-state index is 5.91. The van der Waals surface area contributed by atoms with Crippen LogP contribution in [0.3, 0.4) is 0 Å². The third-order valence-corrected chi connectivity index (χ3v) is 3.59. The molecule has 2 aromatic rings. The lowest BCUT2D eigenvalue weighted by molar-refractivity contribution is 0.836. The van der Waals surface area contributed by atoms with E-state index in [2.05, 4.69) is 53.6 Å². The van der Waals surface area contributed by atoms with Gasteiger partial charge in [-0.1, -0.05) is 38.1 Å². The molecule has 0 saturated heterocycles. The van der Waals surface area contributed by atoms with Crippen LogP contribution in [0.15, 0.2) is 24.3 Å². The summed E-state index contributed by atoms with van der Waals surface area (Å²) < 4.78 is 1.05. The Kier molecular flexibility index (Phi) is 2.82. The van der Waals surface area contributed by atoms with Crippen LogP contribution >= 0.6 is 22.6 Å². The average molecular weight is 312 g/mol. The zero-order valence-corrected chi connectivity index (χ0v) is 10.9. The Morgan fingerprint density at radius 3 is 2.40 bits per heavy atom. The van der Waals surface area contributed by atoms with Gasteiger partial charge in [-0.15, -0.1) is 0 Å². The van der Waals surface area contributed by atoms with Crippen molar-refractivity contribution in [2.24, 2.45) is 0 Å². The molecule has 15 heavy (non-hydrogen) atoms. The number of pyridine rings is 1. The summed E-state index contributed by atoms with van der Waals surface area (Å²) >= 11 is 2.26. The van der Waals surface area contributed by atoms with Crippen molar-refractivity contribution in [1.82, 2.24) is 4.98 Å². The fourth-order valence-corrected chi connectivity index (χ4v) is 2.31. The number of fused-ring (bicyclic) bond motifs is 1. The summed E-state index contributed by atoms with van der Waals surface area (Å²) in [4.78, 5) is 4.47. The van der Waals surface area contributed by atoms with E-state index in [0.717, 1.165) is 9.26 Å². The number of hydrogen-bond donors (Lipinski definition) is 1. The molecule has 3 heteroatoms. The van der Waals surface area contributed by atoms with Crippen molar-refractivity contribution in [3.63, 3.8) is 0 Å². The van der Waals surface area contributed by atoms with E-state index in [1.54, 1.807) is 0 Å². The number of nitrogen functional groups attached to an aromatic ring is 1. The highest BCUT2D eigenvalue weighted by Gasteiger charge is 2.11. The normalized spacial score (nSPS) is 11.2. The van der Waals surface area contributed by atoms with Gasteiger partial charge in [0.25, 0.3) is 0 Å². The van der Waals surface area contributed by atoms with E-state index in [4.69, 9.17) is 5.73 Å². The highest BCUT2D eigenvalue weighted by molar-refractivity contribution is 14.1. The summed E-state index contributed by atoms with van der Waals surface area (Å²) in [6.45, 7) is 4.28. The molecule has 2 nitrogen and oxygen atoms in total. The monoisotopic (exact) mass is 312 g/mol. The van der Waals surface area contributed by atoms with Gasteiger partial charge in [-0.2, -0.15) is 0 Å². The number of halogens is 1. The van der Waals surface area contributed by atoms with Gasteiger partial charge in [-0.05, 0) is 28.5 Å². The Bertz CT molecular complexity index is 506. The molecule has 0 radical (unpaired) electrons. The number of anilines is 1. The molecule has 0 saturated carbocycles. The molecule has 78 valence electrons. The van der Waals surface area contributed by atoms with Crippen molar-refractivity contribution in [2.45, 2.75) is 19.8 Å². The topological polar surface area (TPSA) is 38.9 Å². The smallest absolute Gasteiger partial charge is 0.137 e. The first-order valence-electron chi connectivity index (χ1n) is 4.95. The number of benzene rings is 1. The molecular weight excluding hydrogens is 299 g/mol. The van der Waals surface area contributed by atoms with Gasteiger partial charge in [0.1, 0.15) is 5.82 Å². The Labute approximate surface area is 103 Å². The molecular formula is C12H13IN2. The number of nitrogens with two attached hydrogens (primary N) is 1. The fraction of sp³-hybridized carbons (Fsp3) is 0.250. The Morgan fingerprint density at radius 2 is 1.80 bits per heavy atom. The SMILES string of the molecule is CC(C)c1nc(N)c(I)c2ccccc12. The van der Waals surface area contributed by atoms with E-state index in [-0.39, 0.29) is 0 Å². The summed E-state index contributed by atoms with van der Waals surface area (Å²) in [5, 5.41) is 2.42. The van der Waals surface area contributed by atoms with E-state index in [0.29, 0.717) is 11.7 Å². The number of hydrogen-bond acceptors (Lipinski definition) is 2. The van der Waals surface area contributed by atoms with Crippen molar-refractivity contribution >= 4 is 39.2 Å². The van der Waals surface area contributed by atoms with E-state index in [1.165, 1.54) is 10.8 Å². The predicted molar refractivity (Wildman–Crippen MR) is 73.0 cm³/mol. The van der Waals surface area contributed by atoms with Gasteiger partial charge in [0.05, 0.1) is 9.26 Å². The Hall–Kier alpha value is -0.840. The minimum absolute atomic E-state index is 0.397. The van der Waals surface area contributed by atoms with Crippen LogP contribution in [0.25, 0.3) is 10.8 Å². The van der Waals surface area contributed by atoms with Crippen LogP contribution < -0.4 is 5.73 Å². The first kappa shape index (κ1) is 10.7. The highest BCUT2D eigenvalue weighted by Crippen LogP contribution is 2.30. The fourth-order valence-electron chi connectivity index (χ4n) is 1.72. The first-order valence-corrected chi connectivity index (χ1v) is 6.02. The third-order valence-electron chi connectivity index (χ3n) is 2.45. The lowest BCUT2D eigenvalue weighted by Crippen LogP contribution is -2.02. The van der Waals surface area contributed by atoms with Crippen molar-refractivity contribution < 1.29 is 0 Å². The summed E-state index contributed by atoms with van der Waals surface area (Å²) in [7, 11) is 0. The Balaban J connectivity index is 2.88. The average Bonchev–Trinajstić information content (AvgIpc) is 2.23. The number of aromatic nitrogens is 1. The quantitative estimate of drug-likeness (QED) is 0.818. The van der Waals surface area contributed by atoms with Crippen molar-refractivity contribution in [3.05, 3.63) is 33.5 Å². The lowest BCUT2D eigenvalue weighted by atomic mass is 10.0. The molecule has 2 rings (SSSR count). The van der Waals surface area contributed by atoms with Gasteiger partial charge < -0.3 is 5.73 Å². The predicted octanol–water partition coefficient (Wildman–Crippen LogP) is 3.55. The maximum absolute atomic E-state index is 5.91. The van der Waals surface area contributed by atoms with Crippen molar-refractivity contribution in [3.8, 4) is 0 Å². The van der Waals surface area contributed by atoms with E-state index < -0.39 is 0 Å². The van der Waals surface area contributed by atoms with Crippen LogP contribution in [0.2, 0.25) is 0 Å². The molecule has 0 bridgehead atoms. The molecule has 0 aliphatic carbocycles. The maximum Gasteiger partial charge on any atom is 0.137 e. The zero-order chi connectivity index (χ0) is 11.0. The van der Waals surface area contributed by atoms with Crippen LogP contribution in [0.5, 0.6) is 0 Å². The first-order chi connectivity index (χ1) is 7.11. The second-order valence-electron chi connectivity index (χ2n) is 3.90. The van der Waals surface area contributed by atoms with Gasteiger partial charge in [0, 0.05) is 10.8 Å². The van der Waals surface area contributed by atoms with Gasteiger partial charge >= 0.3 is 0 Å². The lowest BCUT2D eigenvalue weighted by Gasteiger charge is -2.12. The van der Waals surface area contributed by atoms with Crippen LogP contribution in [0.4, 0.5) is 5.82 Å². The van der Waals surface area contributed by atoms with Crippen molar-refractivity contribution in [1.29, 1.82) is 0 Å². The van der Waals surface area contributed by atoms with Gasteiger partial charge in [0.2, 0.25) is 0 Å². The zero-order valence-electron chi connectivity index (χ0n) is 8.79. The van der Waals surface area contributed by atoms with E-state index in [9.17, 15) is 0 Å². The molecule has 0 aliphatic rings. The van der Waals surface area contributed by atoms with Gasteiger partial charge in [-0.25, -0.2) is 4.98 Å². The Morgan fingerprint density at radius 1 is 1.20 bits per heavy atom. The second kappa shape index (κ2) is 3.96. The minimum atomic E-state index is 0.397. The highest BCUT2D eigenvalue weighted by atomic mass is 127. The molecule has 1 aromatic carbocycles. The van der Waals surface area contributed by atoms with Gasteiger partial charge in [0.15, 0.2) is 0 Å². The molecule has 1 heterocycles. The van der Waals surface area contributed by atoms with Gasteiger partial charge in [-0.3, -0.25) is 0 Å². The van der Waals surface area contributed by atoms with E-state index >= 15 is 0 Å². The largest absolute Gasteiger partial charge is 0.383 e. The van der Waals surface area contributed by atoms with Crippen LogP contribution in [0, 0.1) is 3.57 Å². The van der Waals surface area contributed by atoms with Crippen LogP contribution in [-0.2, 0) is 0 Å². The second-order valence-corrected chi connectivity index (χ2v) is 4.98. The standard InChI is InChI=1S/C12H13IN2/c1-7(2)11-9-6-4-3-5-8(9)10(13)12(14)15-11/h3-7H,1-2H3,(H2,14,15). The molecule has 1 aromatic heterocycles. The summed E-state index contributed by atoms with van der Waals surface area (Å²) in [6.07, 6.45) is 0. The summed E-state index contributed by atoms with van der Waals surface area (Å²) in [5.74, 6) is 1.03. The molecule has 0 spiro atoms. The molecule has 0 unspecified atom stereocenters. The van der Waals surface area contributed by atoms with Crippen LogP contribution in [-0.4, -0.2) is 4.98 Å². The molecule has 0 aliphatic heterocycles. The summed E-state index contributed by atoms with van der Waals surface area (Å²) in [6, 6.07) is 8.29.